The summed E-state index contributed by atoms with van der Waals surface area (Å²) in [6.45, 7) is 8.79. The van der Waals surface area contributed by atoms with Crippen molar-refractivity contribution in [3.05, 3.63) is 99.8 Å². The van der Waals surface area contributed by atoms with E-state index in [1.165, 1.54) is 11.1 Å². The van der Waals surface area contributed by atoms with Crippen molar-refractivity contribution in [3.63, 3.8) is 0 Å². The lowest BCUT2D eigenvalue weighted by atomic mass is 9.96. The van der Waals surface area contributed by atoms with Crippen molar-refractivity contribution < 1.29 is 4.74 Å². The molecule has 3 aromatic carbocycles. The summed E-state index contributed by atoms with van der Waals surface area (Å²) in [7, 11) is 0. The number of ether oxygens (including phenoxy) is 1. The van der Waals surface area contributed by atoms with Gasteiger partial charge in [0.05, 0.1) is 18.1 Å². The van der Waals surface area contributed by atoms with Crippen LogP contribution < -0.4 is 5.32 Å². The number of rotatable bonds is 11. The molecule has 2 heterocycles. The van der Waals surface area contributed by atoms with E-state index in [1.807, 2.05) is 43.3 Å². The number of piperazine rings is 1. The molecule has 0 atom stereocenters. The number of anilines is 1. The summed E-state index contributed by atoms with van der Waals surface area (Å²) in [4.78, 5) is 14.8. The predicted octanol–water partition coefficient (Wildman–Crippen LogP) is 6.68. The van der Waals surface area contributed by atoms with Gasteiger partial charge in [0.15, 0.2) is 0 Å². The van der Waals surface area contributed by atoms with Crippen LogP contribution in [0.25, 0.3) is 10.9 Å². The van der Waals surface area contributed by atoms with Crippen LogP contribution >= 0.6 is 23.2 Å². The highest BCUT2D eigenvalue weighted by atomic mass is 35.5. The molecule has 0 amide bonds. The van der Waals surface area contributed by atoms with E-state index in [9.17, 15) is 0 Å². The number of nitrogens with zero attached hydrogens (tertiary/aromatic N) is 4. The van der Waals surface area contributed by atoms with Crippen LogP contribution in [0, 0.1) is 0 Å². The van der Waals surface area contributed by atoms with E-state index in [-0.39, 0.29) is 6.04 Å². The minimum Gasteiger partial charge on any atom is -0.382 e. The Hall–Kier alpha value is -2.74. The predicted molar refractivity (Wildman–Crippen MR) is 161 cm³/mol. The second kappa shape index (κ2) is 13.6. The number of fused-ring (bicyclic) bond motifs is 1. The summed E-state index contributed by atoms with van der Waals surface area (Å²) in [5.41, 5.74) is 3.43. The van der Waals surface area contributed by atoms with Crippen molar-refractivity contribution in [1.29, 1.82) is 0 Å². The van der Waals surface area contributed by atoms with E-state index in [2.05, 4.69) is 51.5 Å². The largest absolute Gasteiger partial charge is 0.382 e. The van der Waals surface area contributed by atoms with E-state index in [1.54, 1.807) is 0 Å². The molecule has 6 nitrogen and oxygen atoms in total. The van der Waals surface area contributed by atoms with Crippen LogP contribution in [-0.4, -0.2) is 65.7 Å². The van der Waals surface area contributed by atoms with Gasteiger partial charge in [-0.2, -0.15) is 0 Å². The lowest BCUT2D eigenvalue weighted by molar-refractivity contribution is 0.103. The lowest BCUT2D eigenvalue weighted by Gasteiger charge is -2.39. The number of halogens is 2. The average Bonchev–Trinajstić information content (AvgIpc) is 2.96. The second-order valence-corrected chi connectivity index (χ2v) is 10.7. The van der Waals surface area contributed by atoms with Crippen molar-refractivity contribution in [2.45, 2.75) is 25.9 Å². The number of nitrogens with one attached hydrogen (secondary N) is 1. The van der Waals surface area contributed by atoms with Crippen molar-refractivity contribution in [2.24, 2.45) is 0 Å². The number of benzene rings is 3. The summed E-state index contributed by atoms with van der Waals surface area (Å²) >= 11 is 12.4. The molecule has 0 aliphatic carbocycles. The molecule has 1 aliphatic rings. The Bertz CT molecular complexity index is 1300. The first kappa shape index (κ1) is 27.8. The highest BCUT2D eigenvalue weighted by Gasteiger charge is 2.27. The van der Waals surface area contributed by atoms with Crippen LogP contribution in [0.3, 0.4) is 0 Å². The van der Waals surface area contributed by atoms with Gasteiger partial charge in [0.2, 0.25) is 0 Å². The molecule has 1 aromatic heterocycles. The van der Waals surface area contributed by atoms with Crippen LogP contribution in [0.5, 0.6) is 0 Å². The molecular weight excluding hydrogens is 529 g/mol. The van der Waals surface area contributed by atoms with E-state index in [4.69, 9.17) is 37.9 Å². The van der Waals surface area contributed by atoms with E-state index >= 15 is 0 Å². The summed E-state index contributed by atoms with van der Waals surface area (Å²) in [6.07, 6.45) is 0.936. The minimum atomic E-state index is 0.145. The Morgan fingerprint density at radius 1 is 0.846 bits per heavy atom. The Morgan fingerprint density at radius 3 is 2.13 bits per heavy atom. The Morgan fingerprint density at radius 2 is 1.49 bits per heavy atom. The minimum absolute atomic E-state index is 0.145. The molecule has 204 valence electrons. The summed E-state index contributed by atoms with van der Waals surface area (Å²) in [6, 6.07) is 24.7. The Kier molecular flexibility index (Phi) is 9.67. The fourth-order valence-corrected chi connectivity index (χ4v) is 5.39. The Balaban J connectivity index is 1.28. The smallest absolute Gasteiger partial charge is 0.145 e. The van der Waals surface area contributed by atoms with Gasteiger partial charge in [0, 0.05) is 61.4 Å². The van der Waals surface area contributed by atoms with Crippen LogP contribution in [0.1, 0.15) is 36.3 Å². The maximum atomic E-state index is 6.20. The maximum absolute atomic E-state index is 6.20. The topological polar surface area (TPSA) is 53.5 Å². The number of para-hydroxylation sites is 1. The SMILES string of the molecule is CCOCCCNc1nc(CN2CCN(C(c3ccc(Cl)cc3)c3ccc(Cl)cc3)CC2)nc2ccccc12. The van der Waals surface area contributed by atoms with E-state index in [0.717, 1.165) is 91.5 Å². The fraction of sp³-hybridized carbons (Fsp3) is 0.355. The third-order valence-corrected chi connectivity index (χ3v) is 7.62. The highest BCUT2D eigenvalue weighted by molar-refractivity contribution is 6.30. The van der Waals surface area contributed by atoms with Gasteiger partial charge in [-0.05, 0) is 60.9 Å². The molecule has 1 N–H and O–H groups in total. The van der Waals surface area contributed by atoms with Crippen LogP contribution in [0.4, 0.5) is 5.82 Å². The maximum Gasteiger partial charge on any atom is 0.145 e. The fourth-order valence-electron chi connectivity index (χ4n) is 5.14. The molecule has 0 unspecified atom stereocenters. The highest BCUT2D eigenvalue weighted by Crippen LogP contribution is 2.31. The van der Waals surface area contributed by atoms with Gasteiger partial charge in [0.25, 0.3) is 0 Å². The van der Waals surface area contributed by atoms with Gasteiger partial charge in [-0.25, -0.2) is 9.97 Å². The van der Waals surface area contributed by atoms with Gasteiger partial charge in [-0.3, -0.25) is 9.80 Å². The Labute approximate surface area is 240 Å². The molecule has 39 heavy (non-hydrogen) atoms. The summed E-state index contributed by atoms with van der Waals surface area (Å²) < 4.78 is 5.48. The van der Waals surface area contributed by atoms with Crippen molar-refractivity contribution in [3.8, 4) is 0 Å². The molecule has 0 spiro atoms. The van der Waals surface area contributed by atoms with E-state index in [0.29, 0.717) is 0 Å². The average molecular weight is 565 g/mol. The number of aromatic nitrogens is 2. The van der Waals surface area contributed by atoms with Gasteiger partial charge >= 0.3 is 0 Å². The van der Waals surface area contributed by atoms with Crippen LogP contribution in [0.2, 0.25) is 10.0 Å². The summed E-state index contributed by atoms with van der Waals surface area (Å²) in [5, 5.41) is 6.06. The standard InChI is InChI=1S/C31H35Cl2N5O/c1-2-39-21-5-16-34-31-27-6-3-4-7-28(27)35-29(36-31)22-37-17-19-38(20-18-37)30(23-8-12-25(32)13-9-23)24-10-14-26(33)15-11-24/h3-4,6-15,30H,2,5,16-22H2,1H3,(H,34,35,36). The molecule has 4 aromatic rings. The molecule has 1 saturated heterocycles. The number of hydrogen-bond donors (Lipinski definition) is 1. The van der Waals surface area contributed by atoms with Crippen LogP contribution in [0.15, 0.2) is 72.8 Å². The molecule has 1 fully saturated rings. The monoisotopic (exact) mass is 563 g/mol. The number of hydrogen-bond acceptors (Lipinski definition) is 6. The first-order valence-corrected chi connectivity index (χ1v) is 14.4. The third kappa shape index (κ3) is 7.27. The van der Waals surface area contributed by atoms with Crippen molar-refractivity contribution in [2.75, 3.05) is 51.3 Å². The van der Waals surface area contributed by atoms with Crippen molar-refractivity contribution >= 4 is 39.9 Å². The normalized spacial score (nSPS) is 14.8. The first-order valence-electron chi connectivity index (χ1n) is 13.7. The molecule has 0 bridgehead atoms. The zero-order chi connectivity index (χ0) is 27.0. The second-order valence-electron chi connectivity index (χ2n) is 9.80. The molecule has 1 aliphatic heterocycles. The first-order chi connectivity index (χ1) is 19.1. The molecule has 0 radical (unpaired) electrons. The molecule has 8 heteroatoms. The van der Waals surface area contributed by atoms with Crippen molar-refractivity contribution in [1.82, 2.24) is 19.8 Å². The quantitative estimate of drug-likeness (QED) is 0.205. The van der Waals surface area contributed by atoms with Gasteiger partial charge in [-0.1, -0.05) is 59.6 Å². The summed E-state index contributed by atoms with van der Waals surface area (Å²) in [5.74, 6) is 1.75. The third-order valence-electron chi connectivity index (χ3n) is 7.12. The molecular formula is C31H35Cl2N5O. The molecule has 5 rings (SSSR count). The zero-order valence-corrected chi connectivity index (χ0v) is 23.8. The van der Waals surface area contributed by atoms with Gasteiger partial charge in [-0.15, -0.1) is 0 Å². The van der Waals surface area contributed by atoms with Gasteiger partial charge in [0.1, 0.15) is 11.6 Å². The van der Waals surface area contributed by atoms with E-state index < -0.39 is 0 Å². The van der Waals surface area contributed by atoms with Gasteiger partial charge < -0.3 is 10.1 Å². The van der Waals surface area contributed by atoms with Crippen LogP contribution in [-0.2, 0) is 11.3 Å². The lowest BCUT2D eigenvalue weighted by Crippen LogP contribution is -2.47. The zero-order valence-electron chi connectivity index (χ0n) is 22.3. The molecule has 0 saturated carbocycles.